The molecule has 1 atom stereocenters. The maximum absolute atomic E-state index is 13.8. The number of nitrogens with zero attached hydrogens (tertiary/aromatic N) is 2. The van der Waals surface area contributed by atoms with Crippen LogP contribution in [0.3, 0.4) is 0 Å². The SMILES string of the molecule is C.CC1(C)CCCN1CC(=O)N[C@@H](Cc1ccc(F)c(F)c1)C(=O)CCc1ccc2c(N)nccc2c1. The zero-order valence-corrected chi connectivity index (χ0v) is 20.7. The maximum Gasteiger partial charge on any atom is 0.234 e. The summed E-state index contributed by atoms with van der Waals surface area (Å²) in [4.78, 5) is 32.4. The molecule has 1 aromatic heterocycles. The lowest BCUT2D eigenvalue weighted by atomic mass is 9.96. The molecule has 4 rings (SSSR count). The second-order valence-corrected chi connectivity index (χ2v) is 10.1. The summed E-state index contributed by atoms with van der Waals surface area (Å²) in [5, 5.41) is 4.65. The van der Waals surface area contributed by atoms with E-state index in [1.807, 2.05) is 24.3 Å². The minimum absolute atomic E-state index is 0. The van der Waals surface area contributed by atoms with E-state index in [-0.39, 0.29) is 44.0 Å². The normalized spacial score (nSPS) is 15.8. The quantitative estimate of drug-likeness (QED) is 0.430. The van der Waals surface area contributed by atoms with Crippen molar-refractivity contribution in [2.75, 3.05) is 18.8 Å². The first-order valence-electron chi connectivity index (χ1n) is 12.3. The molecule has 2 aromatic carbocycles. The minimum Gasteiger partial charge on any atom is -0.383 e. The van der Waals surface area contributed by atoms with Crippen LogP contribution >= 0.6 is 0 Å². The molecule has 1 fully saturated rings. The van der Waals surface area contributed by atoms with E-state index in [1.165, 1.54) is 6.07 Å². The highest BCUT2D eigenvalue weighted by molar-refractivity contribution is 5.92. The lowest BCUT2D eigenvalue weighted by Gasteiger charge is -2.31. The zero-order chi connectivity index (χ0) is 25.9. The number of fused-ring (bicyclic) bond motifs is 1. The standard InChI is InChI=1S/C28H32F2N4O2.CH4/c1-28(2)11-3-13-34(28)17-26(36)33-24(16-19-5-8-22(29)23(30)15-19)25(35)9-6-18-4-7-21-20(14-18)10-12-32-27(21)31;/h4-5,7-8,10,12,14-15,24H,3,6,9,11,13,16-17H2,1-2H3,(H2,31,32)(H,33,36);1H4/t24-;/m0./s1. The Hall–Kier alpha value is -3.39. The summed E-state index contributed by atoms with van der Waals surface area (Å²) in [6, 6.07) is 10.3. The fraction of sp³-hybridized carbons (Fsp3) is 0.414. The Morgan fingerprint density at radius 1 is 1.11 bits per heavy atom. The number of likely N-dealkylation sites (tertiary alicyclic amines) is 1. The first kappa shape index (κ1) is 28.2. The number of pyridine rings is 1. The zero-order valence-electron chi connectivity index (χ0n) is 20.7. The number of aryl methyl sites for hydroxylation is 1. The molecule has 1 saturated heterocycles. The Morgan fingerprint density at radius 3 is 2.57 bits per heavy atom. The molecule has 1 aliphatic rings. The first-order chi connectivity index (χ1) is 17.1. The van der Waals surface area contributed by atoms with Crippen LogP contribution in [0.2, 0.25) is 0 Å². The number of nitrogen functional groups attached to an aromatic ring is 1. The maximum atomic E-state index is 13.8. The van der Waals surface area contributed by atoms with Gasteiger partial charge in [0.05, 0.1) is 12.6 Å². The molecule has 3 aromatic rings. The number of hydrogen-bond acceptors (Lipinski definition) is 5. The summed E-state index contributed by atoms with van der Waals surface area (Å²) in [6.07, 6.45) is 4.42. The van der Waals surface area contributed by atoms with E-state index >= 15 is 0 Å². The van der Waals surface area contributed by atoms with Gasteiger partial charge >= 0.3 is 0 Å². The number of ketones is 1. The van der Waals surface area contributed by atoms with E-state index in [2.05, 4.69) is 29.0 Å². The molecule has 6 nitrogen and oxygen atoms in total. The third-order valence-corrected chi connectivity index (χ3v) is 7.07. The van der Waals surface area contributed by atoms with Gasteiger partial charge in [0.2, 0.25) is 5.91 Å². The Kier molecular flexibility index (Phi) is 8.97. The Bertz CT molecular complexity index is 1280. The summed E-state index contributed by atoms with van der Waals surface area (Å²) in [5.41, 5.74) is 7.25. The Labute approximate surface area is 217 Å². The fourth-order valence-electron chi connectivity index (χ4n) is 4.87. The van der Waals surface area contributed by atoms with E-state index < -0.39 is 17.7 Å². The molecule has 2 heterocycles. The van der Waals surface area contributed by atoms with E-state index in [0.717, 1.165) is 47.9 Å². The summed E-state index contributed by atoms with van der Waals surface area (Å²) >= 11 is 0. The Morgan fingerprint density at radius 2 is 1.86 bits per heavy atom. The number of nitrogens with one attached hydrogen (secondary N) is 1. The topological polar surface area (TPSA) is 88.3 Å². The van der Waals surface area contributed by atoms with Gasteiger partial charge < -0.3 is 11.1 Å². The van der Waals surface area contributed by atoms with Crippen LogP contribution in [0, 0.1) is 11.6 Å². The van der Waals surface area contributed by atoms with Crippen LogP contribution in [-0.4, -0.2) is 46.2 Å². The van der Waals surface area contributed by atoms with Crippen molar-refractivity contribution in [2.24, 2.45) is 0 Å². The lowest BCUT2D eigenvalue weighted by molar-refractivity contribution is -0.129. The predicted octanol–water partition coefficient (Wildman–Crippen LogP) is 4.83. The van der Waals surface area contributed by atoms with E-state index in [9.17, 15) is 18.4 Å². The highest BCUT2D eigenvalue weighted by Gasteiger charge is 2.33. The van der Waals surface area contributed by atoms with Crippen molar-refractivity contribution >= 4 is 28.3 Å². The molecule has 198 valence electrons. The van der Waals surface area contributed by atoms with E-state index in [0.29, 0.717) is 17.8 Å². The number of rotatable bonds is 9. The number of benzene rings is 2. The molecular weight excluding hydrogens is 474 g/mol. The Balaban J connectivity index is 0.00000380. The second kappa shape index (κ2) is 11.8. The summed E-state index contributed by atoms with van der Waals surface area (Å²) in [7, 11) is 0. The second-order valence-electron chi connectivity index (χ2n) is 10.1. The van der Waals surface area contributed by atoms with Crippen molar-refractivity contribution in [3.63, 3.8) is 0 Å². The predicted molar refractivity (Wildman–Crippen MR) is 143 cm³/mol. The van der Waals surface area contributed by atoms with E-state index in [4.69, 9.17) is 5.73 Å². The van der Waals surface area contributed by atoms with Crippen LogP contribution in [0.4, 0.5) is 14.6 Å². The number of nitrogens with two attached hydrogens (primary N) is 1. The number of amides is 1. The van der Waals surface area contributed by atoms with Gasteiger partial charge in [-0.05, 0) is 80.8 Å². The van der Waals surface area contributed by atoms with Crippen molar-refractivity contribution < 1.29 is 18.4 Å². The third-order valence-electron chi connectivity index (χ3n) is 7.07. The van der Waals surface area contributed by atoms with Gasteiger partial charge in [0.1, 0.15) is 5.82 Å². The molecule has 1 aliphatic heterocycles. The molecule has 0 saturated carbocycles. The van der Waals surface area contributed by atoms with Gasteiger partial charge in [-0.3, -0.25) is 14.5 Å². The molecule has 8 heteroatoms. The van der Waals surface area contributed by atoms with Gasteiger partial charge in [-0.1, -0.05) is 31.7 Å². The summed E-state index contributed by atoms with van der Waals surface area (Å²) < 4.78 is 27.2. The number of anilines is 1. The molecule has 1 amide bonds. The van der Waals surface area contributed by atoms with Crippen LogP contribution in [0.25, 0.3) is 10.8 Å². The largest absolute Gasteiger partial charge is 0.383 e. The number of aromatic nitrogens is 1. The van der Waals surface area contributed by atoms with Crippen LogP contribution in [0.1, 0.15) is 51.7 Å². The van der Waals surface area contributed by atoms with E-state index in [1.54, 1.807) is 6.20 Å². The molecule has 0 aliphatic carbocycles. The highest BCUT2D eigenvalue weighted by Crippen LogP contribution is 2.27. The molecule has 0 spiro atoms. The molecule has 3 N–H and O–H groups in total. The molecule has 37 heavy (non-hydrogen) atoms. The fourth-order valence-corrected chi connectivity index (χ4v) is 4.87. The van der Waals surface area contributed by atoms with Crippen molar-refractivity contribution in [1.82, 2.24) is 15.2 Å². The molecule has 0 radical (unpaired) electrons. The third kappa shape index (κ3) is 6.89. The van der Waals surface area contributed by atoms with Gasteiger partial charge in [-0.2, -0.15) is 0 Å². The van der Waals surface area contributed by atoms with Crippen LogP contribution in [0.15, 0.2) is 48.7 Å². The first-order valence-corrected chi connectivity index (χ1v) is 12.3. The number of carbonyl (C=O) groups is 2. The van der Waals surface area contributed by atoms with Crippen LogP contribution in [0.5, 0.6) is 0 Å². The summed E-state index contributed by atoms with van der Waals surface area (Å²) in [6.45, 7) is 5.22. The van der Waals surface area contributed by atoms with Gasteiger partial charge in [-0.25, -0.2) is 13.8 Å². The number of hydrogen-bond donors (Lipinski definition) is 2. The number of carbonyl (C=O) groups excluding carboxylic acids is 2. The van der Waals surface area contributed by atoms with Crippen LogP contribution in [-0.2, 0) is 22.4 Å². The van der Waals surface area contributed by atoms with Gasteiger partial charge in [0.15, 0.2) is 17.4 Å². The van der Waals surface area contributed by atoms with Gasteiger partial charge in [0.25, 0.3) is 0 Å². The van der Waals surface area contributed by atoms with Gasteiger partial charge in [-0.15, -0.1) is 0 Å². The summed E-state index contributed by atoms with van der Waals surface area (Å²) in [5.74, 6) is -1.89. The van der Waals surface area contributed by atoms with Crippen molar-refractivity contribution in [3.8, 4) is 0 Å². The lowest BCUT2D eigenvalue weighted by Crippen LogP contribution is -2.49. The van der Waals surface area contributed by atoms with Crippen LogP contribution < -0.4 is 11.1 Å². The number of Topliss-reactive ketones (excluding diaryl/α,β-unsaturated/α-hetero) is 1. The average molecular weight is 511 g/mol. The van der Waals surface area contributed by atoms with Crippen molar-refractivity contribution in [3.05, 3.63) is 71.4 Å². The monoisotopic (exact) mass is 510 g/mol. The van der Waals surface area contributed by atoms with Gasteiger partial charge in [0, 0.05) is 23.5 Å². The molecule has 0 unspecified atom stereocenters. The molecular formula is C29H36F2N4O2. The average Bonchev–Trinajstić information content (AvgIpc) is 3.16. The van der Waals surface area contributed by atoms with Crippen molar-refractivity contribution in [1.29, 1.82) is 0 Å². The van der Waals surface area contributed by atoms with Crippen molar-refractivity contribution in [2.45, 2.75) is 65.0 Å². The number of halogens is 2. The minimum atomic E-state index is -0.978. The molecule has 0 bridgehead atoms. The highest BCUT2D eigenvalue weighted by atomic mass is 19.2. The smallest absolute Gasteiger partial charge is 0.234 e.